The van der Waals surface area contributed by atoms with Crippen molar-refractivity contribution in [2.45, 2.75) is 13.5 Å². The van der Waals surface area contributed by atoms with E-state index in [4.69, 9.17) is 8.94 Å². The lowest BCUT2D eigenvalue weighted by Crippen LogP contribution is -2.18. The number of H-pyrrole nitrogens is 1. The number of aromatic amines is 1. The first-order valence-electron chi connectivity index (χ1n) is 9.27. The maximum atomic E-state index is 14.2. The molecule has 31 heavy (non-hydrogen) atoms. The molecule has 4 heterocycles. The summed E-state index contributed by atoms with van der Waals surface area (Å²) in [6, 6.07) is 10.8. The molecule has 0 radical (unpaired) electrons. The molecule has 0 atom stereocenters. The molecule has 154 valence electrons. The van der Waals surface area contributed by atoms with E-state index in [2.05, 4.69) is 20.2 Å². The zero-order chi connectivity index (χ0) is 21.5. The molecule has 9 nitrogen and oxygen atoms in total. The van der Waals surface area contributed by atoms with Gasteiger partial charge in [0.1, 0.15) is 34.6 Å². The van der Waals surface area contributed by atoms with Gasteiger partial charge in [0.15, 0.2) is 11.3 Å². The maximum Gasteiger partial charge on any atom is 0.266 e. The van der Waals surface area contributed by atoms with Gasteiger partial charge in [-0.1, -0.05) is 23.4 Å². The highest BCUT2D eigenvalue weighted by Gasteiger charge is 2.18. The van der Waals surface area contributed by atoms with Crippen LogP contribution in [0.3, 0.4) is 0 Å². The number of halogens is 1. The molecule has 0 aliphatic heterocycles. The quantitative estimate of drug-likeness (QED) is 0.476. The number of aryl methyl sites for hydroxylation is 1. The Labute approximate surface area is 172 Å². The number of fused-ring (bicyclic) bond motifs is 1. The van der Waals surface area contributed by atoms with E-state index in [1.54, 1.807) is 37.3 Å². The van der Waals surface area contributed by atoms with Gasteiger partial charge in [-0.05, 0) is 19.1 Å². The van der Waals surface area contributed by atoms with Gasteiger partial charge >= 0.3 is 0 Å². The number of benzene rings is 1. The monoisotopic (exact) mass is 419 g/mol. The molecule has 0 bridgehead atoms. The predicted octanol–water partition coefficient (Wildman–Crippen LogP) is 2.89. The highest BCUT2D eigenvalue weighted by molar-refractivity contribution is 5.74. The van der Waals surface area contributed by atoms with Gasteiger partial charge < -0.3 is 13.9 Å². The Bertz CT molecular complexity index is 1530. The van der Waals surface area contributed by atoms with Crippen molar-refractivity contribution in [3.63, 3.8) is 0 Å². The van der Waals surface area contributed by atoms with Gasteiger partial charge in [0, 0.05) is 17.7 Å². The largest absolute Gasteiger partial charge is 0.443 e. The molecule has 0 spiro atoms. The van der Waals surface area contributed by atoms with Crippen LogP contribution in [0, 0.1) is 12.7 Å². The second-order valence-electron chi connectivity index (χ2n) is 6.86. The molecule has 0 aliphatic carbocycles. The van der Waals surface area contributed by atoms with E-state index in [0.717, 1.165) is 0 Å². The molecule has 5 aromatic rings. The van der Waals surface area contributed by atoms with E-state index in [1.165, 1.54) is 23.1 Å². The van der Waals surface area contributed by atoms with Gasteiger partial charge in [0.25, 0.3) is 5.56 Å². The first-order chi connectivity index (χ1) is 15.0. The fourth-order valence-electron chi connectivity index (χ4n) is 3.30. The van der Waals surface area contributed by atoms with Crippen LogP contribution in [0.15, 0.2) is 67.3 Å². The molecular formula is C21H14FN5O4. The van der Waals surface area contributed by atoms with E-state index in [-0.39, 0.29) is 35.0 Å². The molecule has 0 saturated heterocycles. The second kappa shape index (κ2) is 7.17. The molecule has 0 saturated carbocycles. The Morgan fingerprint density at radius 1 is 1.13 bits per heavy atom. The number of hydrogen-bond acceptors (Lipinski definition) is 7. The fraction of sp³-hybridized carbons (Fsp3) is 0.0952. The molecule has 0 aliphatic rings. The number of nitrogens with one attached hydrogen (secondary N) is 1. The minimum absolute atomic E-state index is 0.0876. The molecule has 0 amide bonds. The summed E-state index contributed by atoms with van der Waals surface area (Å²) >= 11 is 0. The van der Waals surface area contributed by atoms with Crippen molar-refractivity contribution in [1.29, 1.82) is 0 Å². The number of nitrogens with zero attached hydrogens (tertiary/aromatic N) is 4. The second-order valence-corrected chi connectivity index (χ2v) is 6.86. The molecule has 10 heteroatoms. The van der Waals surface area contributed by atoms with Crippen LogP contribution < -0.4 is 11.0 Å². The number of hydrogen-bond donors (Lipinski definition) is 1. The van der Waals surface area contributed by atoms with Crippen LogP contribution in [-0.4, -0.2) is 24.9 Å². The van der Waals surface area contributed by atoms with E-state index >= 15 is 0 Å². The summed E-state index contributed by atoms with van der Waals surface area (Å²) in [5.74, 6) is 0.0540. The van der Waals surface area contributed by atoms with Crippen LogP contribution in [-0.2, 0) is 6.54 Å². The summed E-state index contributed by atoms with van der Waals surface area (Å²) in [5.41, 5.74) is 0.505. The van der Waals surface area contributed by atoms with Crippen LogP contribution in [0.4, 0.5) is 4.39 Å². The maximum absolute atomic E-state index is 14.2. The summed E-state index contributed by atoms with van der Waals surface area (Å²) in [6.07, 6.45) is 1.41. The summed E-state index contributed by atoms with van der Waals surface area (Å²) in [4.78, 5) is 31.5. The van der Waals surface area contributed by atoms with Gasteiger partial charge in [-0.3, -0.25) is 14.3 Å². The molecule has 4 aromatic heterocycles. The third-order valence-electron chi connectivity index (χ3n) is 4.73. The van der Waals surface area contributed by atoms with Crippen molar-refractivity contribution < 1.29 is 13.3 Å². The smallest absolute Gasteiger partial charge is 0.266 e. The molecule has 1 N–H and O–H groups in total. The fourth-order valence-corrected chi connectivity index (χ4v) is 3.30. The van der Waals surface area contributed by atoms with Gasteiger partial charge in [-0.15, -0.1) is 0 Å². The first kappa shape index (κ1) is 18.7. The Morgan fingerprint density at radius 2 is 1.97 bits per heavy atom. The molecule has 1 aromatic carbocycles. The van der Waals surface area contributed by atoms with Crippen LogP contribution in [0.5, 0.6) is 0 Å². The first-order valence-corrected chi connectivity index (χ1v) is 9.27. The molecule has 0 fully saturated rings. The van der Waals surface area contributed by atoms with Crippen molar-refractivity contribution >= 4 is 11.1 Å². The van der Waals surface area contributed by atoms with Gasteiger partial charge in [-0.2, -0.15) is 10.1 Å². The summed E-state index contributed by atoms with van der Waals surface area (Å²) in [7, 11) is 0. The number of rotatable bonds is 4. The van der Waals surface area contributed by atoms with Crippen molar-refractivity contribution in [3.8, 4) is 22.9 Å². The predicted molar refractivity (Wildman–Crippen MR) is 108 cm³/mol. The summed E-state index contributed by atoms with van der Waals surface area (Å²) in [5, 5.41) is 8.24. The van der Waals surface area contributed by atoms with Gasteiger partial charge in [0.05, 0.1) is 12.2 Å². The van der Waals surface area contributed by atoms with E-state index in [0.29, 0.717) is 22.7 Å². The van der Waals surface area contributed by atoms with Crippen LogP contribution in [0.25, 0.3) is 34.0 Å². The van der Waals surface area contributed by atoms with E-state index in [1.807, 2.05) is 0 Å². The summed E-state index contributed by atoms with van der Waals surface area (Å²) < 4.78 is 26.1. The minimum Gasteiger partial charge on any atom is -0.443 e. The van der Waals surface area contributed by atoms with E-state index < -0.39 is 11.0 Å². The van der Waals surface area contributed by atoms with E-state index in [9.17, 15) is 14.0 Å². The molecule has 0 unspecified atom stereocenters. The lowest BCUT2D eigenvalue weighted by atomic mass is 10.2. The highest BCUT2D eigenvalue weighted by Crippen LogP contribution is 2.25. The van der Waals surface area contributed by atoms with Gasteiger partial charge in [0.2, 0.25) is 5.71 Å². The summed E-state index contributed by atoms with van der Waals surface area (Å²) in [6.45, 7) is 1.70. The van der Waals surface area contributed by atoms with Gasteiger partial charge in [-0.25, -0.2) is 4.39 Å². The zero-order valence-corrected chi connectivity index (χ0v) is 16.1. The molecular weight excluding hydrogens is 405 g/mol. The van der Waals surface area contributed by atoms with Crippen molar-refractivity contribution in [1.82, 2.24) is 24.9 Å². The lowest BCUT2D eigenvalue weighted by Gasteiger charge is -2.06. The minimum atomic E-state index is -0.639. The SMILES string of the molecule is Cc1cc(=O)c2c(=O)[nH]c(-c3cc(-c4ccon4)n(Cc4ccccc4F)n3)nc2o1. The average molecular weight is 419 g/mol. The Kier molecular flexibility index (Phi) is 4.32. The average Bonchev–Trinajstić information content (AvgIpc) is 3.38. The zero-order valence-electron chi connectivity index (χ0n) is 16.1. The Hall–Kier alpha value is -4.34. The normalized spacial score (nSPS) is 11.3. The Balaban J connectivity index is 1.68. The third kappa shape index (κ3) is 3.33. The van der Waals surface area contributed by atoms with Crippen molar-refractivity contribution in [2.75, 3.05) is 0 Å². The lowest BCUT2D eigenvalue weighted by molar-refractivity contribution is 0.421. The third-order valence-corrected chi connectivity index (χ3v) is 4.73. The standard InChI is InChI=1S/C21H14FN5O4/c1-11-8-17(28)18-20(29)23-19(24-21(18)31-11)15-9-16(14-6-7-30-26-14)27(25-15)10-12-4-2-3-5-13(12)22/h2-9H,10H2,1H3,(H,23,24,29). The van der Waals surface area contributed by atoms with Crippen molar-refractivity contribution in [3.05, 3.63) is 86.4 Å². The Morgan fingerprint density at radius 3 is 2.74 bits per heavy atom. The molecule has 5 rings (SSSR count). The van der Waals surface area contributed by atoms with Crippen LogP contribution in [0.1, 0.15) is 11.3 Å². The van der Waals surface area contributed by atoms with Crippen molar-refractivity contribution in [2.24, 2.45) is 0 Å². The van der Waals surface area contributed by atoms with Crippen LogP contribution in [0.2, 0.25) is 0 Å². The highest BCUT2D eigenvalue weighted by atomic mass is 19.1. The number of aromatic nitrogens is 5. The van der Waals surface area contributed by atoms with Crippen LogP contribution >= 0.6 is 0 Å². The topological polar surface area (TPSA) is 120 Å².